The van der Waals surface area contributed by atoms with E-state index in [0.717, 1.165) is 31.5 Å². The van der Waals surface area contributed by atoms with Crippen LogP contribution in [0.25, 0.3) is 10.9 Å². The number of benzene rings is 2. The zero-order valence-electron chi connectivity index (χ0n) is 16.8. The second-order valence-corrected chi connectivity index (χ2v) is 8.31. The number of ether oxygens (including phenoxy) is 1. The van der Waals surface area contributed by atoms with E-state index < -0.39 is 0 Å². The summed E-state index contributed by atoms with van der Waals surface area (Å²) in [4.78, 5) is 18.1. The maximum absolute atomic E-state index is 13.3. The van der Waals surface area contributed by atoms with Gasteiger partial charge in [-0.25, -0.2) is 4.98 Å². The van der Waals surface area contributed by atoms with Crippen LogP contribution in [0.1, 0.15) is 56.3 Å². The highest BCUT2D eigenvalue weighted by atomic mass is 79.9. The van der Waals surface area contributed by atoms with Gasteiger partial charge in [0.15, 0.2) is 11.5 Å². The number of phenols is 1. The number of hydrogen-bond donors (Lipinski definition) is 1. The molecular weight excluding hydrogens is 446 g/mol. The Hall–Kier alpha value is -2.67. The SMILES string of the molecule is CCOc1cc(C=Nn2c(C3CCCCC3)nc3ccccc3c2=O)c(Br)cc1O. The summed E-state index contributed by atoms with van der Waals surface area (Å²) in [5.74, 6) is 1.36. The number of aromatic hydroxyl groups is 1. The summed E-state index contributed by atoms with van der Waals surface area (Å²) in [5, 5.41) is 15.1. The number of phenolic OH excluding ortho intramolecular Hbond substituents is 1. The predicted octanol–water partition coefficient (Wildman–Crippen LogP) is 5.19. The highest BCUT2D eigenvalue weighted by molar-refractivity contribution is 9.10. The van der Waals surface area contributed by atoms with Crippen molar-refractivity contribution in [3.8, 4) is 11.5 Å². The van der Waals surface area contributed by atoms with Gasteiger partial charge in [0.05, 0.1) is 23.7 Å². The highest BCUT2D eigenvalue weighted by Gasteiger charge is 2.22. The average molecular weight is 470 g/mol. The van der Waals surface area contributed by atoms with Gasteiger partial charge in [0, 0.05) is 16.0 Å². The van der Waals surface area contributed by atoms with Crippen LogP contribution < -0.4 is 10.3 Å². The molecule has 3 aromatic rings. The average Bonchev–Trinajstić information content (AvgIpc) is 2.76. The van der Waals surface area contributed by atoms with E-state index in [-0.39, 0.29) is 17.2 Å². The van der Waals surface area contributed by atoms with Crippen molar-refractivity contribution in [1.29, 1.82) is 0 Å². The quantitative estimate of drug-likeness (QED) is 0.521. The summed E-state index contributed by atoms with van der Waals surface area (Å²) in [6.45, 7) is 2.29. The van der Waals surface area contributed by atoms with E-state index in [1.165, 1.54) is 11.1 Å². The van der Waals surface area contributed by atoms with E-state index in [0.29, 0.717) is 33.3 Å². The fraction of sp³-hybridized carbons (Fsp3) is 0.348. The molecule has 0 atom stereocenters. The van der Waals surface area contributed by atoms with Gasteiger partial charge in [0.25, 0.3) is 5.56 Å². The first-order valence-electron chi connectivity index (χ1n) is 10.3. The number of rotatable bonds is 5. The highest BCUT2D eigenvalue weighted by Crippen LogP contribution is 2.33. The van der Waals surface area contributed by atoms with Crippen LogP contribution in [-0.2, 0) is 0 Å². The molecule has 0 saturated heterocycles. The molecule has 30 heavy (non-hydrogen) atoms. The van der Waals surface area contributed by atoms with Crippen molar-refractivity contribution in [3.05, 3.63) is 62.6 Å². The first-order chi connectivity index (χ1) is 14.6. The fourth-order valence-electron chi connectivity index (χ4n) is 3.93. The van der Waals surface area contributed by atoms with Crippen LogP contribution in [0, 0.1) is 0 Å². The monoisotopic (exact) mass is 469 g/mol. The minimum absolute atomic E-state index is 0.0494. The molecule has 4 rings (SSSR count). The Bertz CT molecular complexity index is 1150. The standard InChI is InChI=1S/C23H24BrN3O3/c1-2-30-21-12-16(18(24)13-20(21)28)14-25-27-22(15-8-4-3-5-9-15)26-19-11-7-6-10-17(19)23(27)29/h6-7,10-15,28H,2-5,8-9H2,1H3. The van der Waals surface area contributed by atoms with E-state index in [9.17, 15) is 9.90 Å². The van der Waals surface area contributed by atoms with Crippen LogP contribution in [0.5, 0.6) is 11.5 Å². The third-order valence-electron chi connectivity index (χ3n) is 5.44. The van der Waals surface area contributed by atoms with E-state index in [2.05, 4.69) is 21.0 Å². The Labute approximate surface area is 183 Å². The van der Waals surface area contributed by atoms with Gasteiger partial charge in [-0.2, -0.15) is 9.78 Å². The first-order valence-corrected chi connectivity index (χ1v) is 11.1. The van der Waals surface area contributed by atoms with Crippen LogP contribution in [0.4, 0.5) is 0 Å². The van der Waals surface area contributed by atoms with Gasteiger partial charge in [-0.15, -0.1) is 0 Å². The number of aromatic nitrogens is 2. The third kappa shape index (κ3) is 4.12. The van der Waals surface area contributed by atoms with E-state index in [1.54, 1.807) is 24.4 Å². The largest absolute Gasteiger partial charge is 0.504 e. The first kappa shape index (κ1) is 20.6. The van der Waals surface area contributed by atoms with Crippen molar-refractivity contribution in [1.82, 2.24) is 9.66 Å². The van der Waals surface area contributed by atoms with Gasteiger partial charge in [0.1, 0.15) is 5.82 Å². The van der Waals surface area contributed by atoms with Crippen LogP contribution in [0.15, 0.2) is 50.8 Å². The summed E-state index contributed by atoms with van der Waals surface area (Å²) < 4.78 is 7.57. The van der Waals surface area contributed by atoms with Crippen LogP contribution >= 0.6 is 15.9 Å². The van der Waals surface area contributed by atoms with Crippen LogP contribution in [0.2, 0.25) is 0 Å². The molecule has 1 fully saturated rings. The van der Waals surface area contributed by atoms with E-state index in [1.807, 2.05) is 25.1 Å². The Balaban J connectivity index is 1.82. The van der Waals surface area contributed by atoms with Crippen molar-refractivity contribution in [2.75, 3.05) is 6.61 Å². The van der Waals surface area contributed by atoms with Gasteiger partial charge >= 0.3 is 0 Å². The van der Waals surface area contributed by atoms with Gasteiger partial charge in [-0.05, 0) is 60.0 Å². The molecule has 0 aliphatic heterocycles. The molecule has 7 heteroatoms. The number of halogens is 1. The van der Waals surface area contributed by atoms with E-state index >= 15 is 0 Å². The second-order valence-electron chi connectivity index (χ2n) is 7.46. The molecule has 0 bridgehead atoms. The maximum Gasteiger partial charge on any atom is 0.282 e. The van der Waals surface area contributed by atoms with Crippen molar-refractivity contribution in [3.63, 3.8) is 0 Å². The molecule has 0 radical (unpaired) electrons. The Kier molecular flexibility index (Phi) is 6.18. The van der Waals surface area contributed by atoms with Crippen molar-refractivity contribution < 1.29 is 9.84 Å². The van der Waals surface area contributed by atoms with Gasteiger partial charge in [0.2, 0.25) is 0 Å². The molecule has 2 aromatic carbocycles. The molecule has 1 aromatic heterocycles. The summed E-state index contributed by atoms with van der Waals surface area (Å²) in [6, 6.07) is 10.7. The fourth-order valence-corrected chi connectivity index (χ4v) is 4.36. The van der Waals surface area contributed by atoms with Crippen LogP contribution in [0.3, 0.4) is 0 Å². The number of fused-ring (bicyclic) bond motifs is 1. The minimum atomic E-state index is -0.169. The minimum Gasteiger partial charge on any atom is -0.504 e. The lowest BCUT2D eigenvalue weighted by Crippen LogP contribution is -2.25. The molecule has 1 heterocycles. The number of nitrogens with zero attached hydrogens (tertiary/aromatic N) is 3. The molecular formula is C23H24BrN3O3. The lowest BCUT2D eigenvalue weighted by molar-refractivity contribution is 0.318. The Morgan fingerprint density at radius 1 is 1.27 bits per heavy atom. The third-order valence-corrected chi connectivity index (χ3v) is 6.13. The molecule has 0 unspecified atom stereocenters. The lowest BCUT2D eigenvalue weighted by Gasteiger charge is -2.22. The lowest BCUT2D eigenvalue weighted by atomic mass is 9.88. The summed E-state index contributed by atoms with van der Waals surface area (Å²) >= 11 is 3.45. The van der Waals surface area contributed by atoms with Gasteiger partial charge in [-0.1, -0.05) is 31.4 Å². The van der Waals surface area contributed by atoms with Crippen LogP contribution in [-0.4, -0.2) is 27.6 Å². The second kappa shape index (κ2) is 9.00. The van der Waals surface area contributed by atoms with E-state index in [4.69, 9.17) is 9.72 Å². The van der Waals surface area contributed by atoms with Gasteiger partial charge < -0.3 is 9.84 Å². The number of hydrogen-bond acceptors (Lipinski definition) is 5. The summed E-state index contributed by atoms with van der Waals surface area (Å²) in [6.07, 6.45) is 7.13. The zero-order valence-corrected chi connectivity index (χ0v) is 18.4. The van der Waals surface area contributed by atoms with Crippen molar-refractivity contribution >= 4 is 33.0 Å². The zero-order chi connectivity index (χ0) is 21.1. The molecule has 1 saturated carbocycles. The smallest absolute Gasteiger partial charge is 0.282 e. The molecule has 1 N–H and O–H groups in total. The summed E-state index contributed by atoms with van der Waals surface area (Å²) in [5.41, 5.74) is 1.24. The van der Waals surface area contributed by atoms with Crippen molar-refractivity contribution in [2.24, 2.45) is 5.10 Å². The molecule has 0 amide bonds. The molecule has 156 valence electrons. The molecule has 6 nitrogen and oxygen atoms in total. The molecule has 0 spiro atoms. The Morgan fingerprint density at radius 2 is 2.03 bits per heavy atom. The summed E-state index contributed by atoms with van der Waals surface area (Å²) in [7, 11) is 0. The predicted molar refractivity (Wildman–Crippen MR) is 122 cm³/mol. The normalized spacial score (nSPS) is 15.1. The Morgan fingerprint density at radius 3 is 2.80 bits per heavy atom. The van der Waals surface area contributed by atoms with Gasteiger partial charge in [-0.3, -0.25) is 4.79 Å². The maximum atomic E-state index is 13.3. The molecule has 1 aliphatic carbocycles. The number of para-hydroxylation sites is 1. The topological polar surface area (TPSA) is 76.7 Å². The molecule has 1 aliphatic rings. The van der Waals surface area contributed by atoms with Crippen molar-refractivity contribution in [2.45, 2.75) is 44.9 Å².